The molecule has 6 nitrogen and oxygen atoms in total. The van der Waals surface area contributed by atoms with Crippen LogP contribution < -0.4 is 9.88 Å². The highest BCUT2D eigenvalue weighted by Gasteiger charge is 2.37. The van der Waals surface area contributed by atoms with Crippen molar-refractivity contribution in [2.24, 2.45) is 5.14 Å². The van der Waals surface area contributed by atoms with Crippen LogP contribution in [0.1, 0.15) is 31.2 Å². The highest BCUT2D eigenvalue weighted by molar-refractivity contribution is 7.89. The van der Waals surface area contributed by atoms with E-state index in [1.54, 1.807) is 6.07 Å². The van der Waals surface area contributed by atoms with E-state index in [2.05, 4.69) is 0 Å². The van der Waals surface area contributed by atoms with E-state index in [9.17, 15) is 13.2 Å². The molecule has 114 valence electrons. The van der Waals surface area contributed by atoms with E-state index in [4.69, 9.17) is 9.88 Å². The summed E-state index contributed by atoms with van der Waals surface area (Å²) in [7, 11) is -3.78. The summed E-state index contributed by atoms with van der Waals surface area (Å²) in [6.45, 7) is 3.04. The van der Waals surface area contributed by atoms with Crippen LogP contribution in [-0.4, -0.2) is 38.4 Å². The lowest BCUT2D eigenvalue weighted by Crippen LogP contribution is -2.37. The summed E-state index contributed by atoms with van der Waals surface area (Å²) in [6.07, 6.45) is 2.01. The van der Waals surface area contributed by atoms with Crippen LogP contribution >= 0.6 is 0 Å². The molecule has 0 aliphatic carbocycles. The van der Waals surface area contributed by atoms with Gasteiger partial charge in [-0.15, -0.1) is 0 Å². The summed E-state index contributed by atoms with van der Waals surface area (Å²) in [6, 6.07) is 4.65. The molecule has 2 aliphatic heterocycles. The normalized spacial score (nSPS) is 24.8. The number of sulfonamides is 1. The fraction of sp³-hybridized carbons (Fsp3) is 0.500. The number of primary sulfonamides is 1. The number of ether oxygens (including phenoxy) is 1. The fourth-order valence-electron chi connectivity index (χ4n) is 3.04. The number of likely N-dealkylation sites (tertiary alicyclic amines) is 1. The van der Waals surface area contributed by atoms with Gasteiger partial charge in [0.05, 0.1) is 4.90 Å². The Bertz CT molecular complexity index is 686. The van der Waals surface area contributed by atoms with Crippen molar-refractivity contribution in [3.8, 4) is 5.75 Å². The van der Waals surface area contributed by atoms with E-state index in [0.717, 1.165) is 19.4 Å². The van der Waals surface area contributed by atoms with Crippen LogP contribution in [0.15, 0.2) is 23.1 Å². The highest BCUT2D eigenvalue weighted by atomic mass is 32.2. The molecule has 1 aromatic carbocycles. The molecule has 0 radical (unpaired) electrons. The molecule has 0 bridgehead atoms. The standard InChI is InChI=1S/C14H18N2O4S/c1-9-3-2-6-16(9)14(17)12-8-20-13-5-4-10(7-11(12)13)21(15,18)19/h4-5,7,9,12H,2-3,6,8H2,1H3,(H2,15,18,19). The number of rotatable bonds is 2. The van der Waals surface area contributed by atoms with Gasteiger partial charge in [0.25, 0.3) is 0 Å². The Kier molecular flexibility index (Phi) is 3.41. The van der Waals surface area contributed by atoms with Gasteiger partial charge in [0.15, 0.2) is 0 Å². The largest absolute Gasteiger partial charge is 0.492 e. The minimum absolute atomic E-state index is 0.00493. The van der Waals surface area contributed by atoms with E-state index in [1.165, 1.54) is 12.1 Å². The number of carbonyl (C=O) groups is 1. The van der Waals surface area contributed by atoms with Gasteiger partial charge in [-0.05, 0) is 38.0 Å². The average molecular weight is 310 g/mol. The SMILES string of the molecule is CC1CCCN1C(=O)C1COc2ccc(S(N)(=O)=O)cc21. The Labute approximate surface area is 123 Å². The molecule has 2 aliphatic rings. The number of hydrogen-bond acceptors (Lipinski definition) is 4. The molecule has 2 N–H and O–H groups in total. The number of carbonyl (C=O) groups excluding carboxylic acids is 1. The molecule has 2 heterocycles. The lowest BCUT2D eigenvalue weighted by atomic mass is 9.99. The van der Waals surface area contributed by atoms with Crippen LogP contribution in [0.25, 0.3) is 0 Å². The Morgan fingerprint density at radius 1 is 1.43 bits per heavy atom. The number of hydrogen-bond donors (Lipinski definition) is 1. The zero-order valence-electron chi connectivity index (χ0n) is 11.8. The van der Waals surface area contributed by atoms with Crippen molar-refractivity contribution in [2.75, 3.05) is 13.2 Å². The third kappa shape index (κ3) is 2.51. The van der Waals surface area contributed by atoms with Gasteiger partial charge < -0.3 is 9.64 Å². The average Bonchev–Trinajstić information content (AvgIpc) is 3.02. The summed E-state index contributed by atoms with van der Waals surface area (Å²) >= 11 is 0. The minimum atomic E-state index is -3.78. The Morgan fingerprint density at radius 3 is 2.81 bits per heavy atom. The zero-order valence-corrected chi connectivity index (χ0v) is 12.6. The second kappa shape index (κ2) is 4.99. The Balaban J connectivity index is 1.94. The first kappa shape index (κ1) is 14.3. The number of fused-ring (bicyclic) bond motifs is 1. The van der Waals surface area contributed by atoms with Crippen LogP contribution in [0.2, 0.25) is 0 Å². The van der Waals surface area contributed by atoms with Gasteiger partial charge in [-0.1, -0.05) is 0 Å². The van der Waals surface area contributed by atoms with Gasteiger partial charge in [0.2, 0.25) is 15.9 Å². The van der Waals surface area contributed by atoms with Crippen LogP contribution in [0.5, 0.6) is 5.75 Å². The van der Waals surface area contributed by atoms with E-state index in [-0.39, 0.29) is 23.5 Å². The molecule has 2 atom stereocenters. The van der Waals surface area contributed by atoms with Crippen LogP contribution in [-0.2, 0) is 14.8 Å². The molecule has 2 unspecified atom stereocenters. The van der Waals surface area contributed by atoms with Gasteiger partial charge in [-0.2, -0.15) is 0 Å². The molecule has 0 spiro atoms. The number of amides is 1. The van der Waals surface area contributed by atoms with E-state index in [1.807, 2.05) is 11.8 Å². The smallest absolute Gasteiger partial charge is 0.238 e. The maximum absolute atomic E-state index is 12.6. The Morgan fingerprint density at radius 2 is 2.19 bits per heavy atom. The fourth-order valence-corrected chi connectivity index (χ4v) is 3.58. The lowest BCUT2D eigenvalue weighted by Gasteiger charge is -2.24. The summed E-state index contributed by atoms with van der Waals surface area (Å²) in [5.41, 5.74) is 0.616. The highest BCUT2D eigenvalue weighted by Crippen LogP contribution is 2.37. The van der Waals surface area contributed by atoms with E-state index >= 15 is 0 Å². The summed E-state index contributed by atoms with van der Waals surface area (Å²) in [5.74, 6) is 0.125. The second-order valence-corrected chi connectivity index (χ2v) is 7.19. The molecular formula is C14H18N2O4S. The van der Waals surface area contributed by atoms with Gasteiger partial charge >= 0.3 is 0 Å². The van der Waals surface area contributed by atoms with Gasteiger partial charge in [0.1, 0.15) is 18.3 Å². The maximum atomic E-state index is 12.6. The molecule has 7 heteroatoms. The molecule has 1 aromatic rings. The van der Waals surface area contributed by atoms with Gasteiger partial charge in [-0.3, -0.25) is 4.79 Å². The predicted molar refractivity (Wildman–Crippen MR) is 76.5 cm³/mol. The van der Waals surface area contributed by atoms with Crippen LogP contribution in [0.3, 0.4) is 0 Å². The van der Waals surface area contributed by atoms with Gasteiger partial charge in [-0.25, -0.2) is 13.6 Å². The van der Waals surface area contributed by atoms with Crippen molar-refractivity contribution in [1.29, 1.82) is 0 Å². The molecule has 1 fully saturated rings. The monoisotopic (exact) mass is 310 g/mol. The first-order valence-electron chi connectivity index (χ1n) is 6.98. The molecule has 1 saturated heterocycles. The van der Waals surface area contributed by atoms with Crippen molar-refractivity contribution < 1.29 is 17.9 Å². The van der Waals surface area contributed by atoms with E-state index < -0.39 is 15.9 Å². The zero-order chi connectivity index (χ0) is 15.2. The number of benzene rings is 1. The molecule has 0 aromatic heterocycles. The van der Waals surface area contributed by atoms with Crippen LogP contribution in [0.4, 0.5) is 0 Å². The minimum Gasteiger partial charge on any atom is -0.492 e. The second-order valence-electron chi connectivity index (χ2n) is 5.63. The lowest BCUT2D eigenvalue weighted by molar-refractivity contribution is -0.133. The molecule has 3 rings (SSSR count). The van der Waals surface area contributed by atoms with Crippen molar-refractivity contribution in [1.82, 2.24) is 4.90 Å². The molecule has 0 saturated carbocycles. The third-order valence-electron chi connectivity index (χ3n) is 4.22. The summed E-state index contributed by atoms with van der Waals surface area (Å²) in [4.78, 5) is 14.5. The van der Waals surface area contributed by atoms with Gasteiger partial charge in [0, 0.05) is 18.2 Å². The van der Waals surface area contributed by atoms with Crippen molar-refractivity contribution in [2.45, 2.75) is 36.6 Å². The number of nitrogens with two attached hydrogens (primary N) is 1. The molecule has 21 heavy (non-hydrogen) atoms. The summed E-state index contributed by atoms with van der Waals surface area (Å²) in [5, 5.41) is 5.15. The van der Waals surface area contributed by atoms with Crippen molar-refractivity contribution in [3.63, 3.8) is 0 Å². The first-order chi connectivity index (χ1) is 9.88. The molecular weight excluding hydrogens is 292 g/mol. The first-order valence-corrected chi connectivity index (χ1v) is 8.52. The number of nitrogens with zero attached hydrogens (tertiary/aromatic N) is 1. The Hall–Kier alpha value is -1.60. The maximum Gasteiger partial charge on any atom is 0.238 e. The topological polar surface area (TPSA) is 89.7 Å². The molecule has 1 amide bonds. The summed E-state index contributed by atoms with van der Waals surface area (Å²) < 4.78 is 28.4. The van der Waals surface area contributed by atoms with Crippen molar-refractivity contribution in [3.05, 3.63) is 23.8 Å². The van der Waals surface area contributed by atoms with Crippen molar-refractivity contribution >= 4 is 15.9 Å². The third-order valence-corrected chi connectivity index (χ3v) is 5.14. The predicted octanol–water partition coefficient (Wildman–Crippen LogP) is 0.821. The van der Waals surface area contributed by atoms with E-state index in [0.29, 0.717) is 11.3 Å². The quantitative estimate of drug-likeness (QED) is 0.875. The van der Waals surface area contributed by atoms with Crippen LogP contribution in [0, 0.1) is 0 Å².